The van der Waals surface area contributed by atoms with E-state index in [1.54, 1.807) is 35.0 Å². The first kappa shape index (κ1) is 22.5. The Morgan fingerprint density at radius 2 is 1.74 bits per heavy atom. The Balaban J connectivity index is 1.55. The van der Waals surface area contributed by atoms with Gasteiger partial charge in [-0.15, -0.1) is 0 Å². The van der Waals surface area contributed by atoms with E-state index in [9.17, 15) is 22.8 Å². The minimum absolute atomic E-state index is 0.462. The van der Waals surface area contributed by atoms with Crippen molar-refractivity contribution in [2.45, 2.75) is 19.6 Å². The second-order valence-electron chi connectivity index (χ2n) is 8.17. The fourth-order valence-electron chi connectivity index (χ4n) is 4.21. The van der Waals surface area contributed by atoms with Crippen LogP contribution < -0.4 is 11.0 Å². The van der Waals surface area contributed by atoms with E-state index in [0.717, 1.165) is 22.2 Å². The number of para-hydroxylation sites is 1. The quantitative estimate of drug-likeness (QED) is 0.413. The summed E-state index contributed by atoms with van der Waals surface area (Å²) in [5.41, 5.74) is 4.69. The molecule has 2 aromatic carbocycles. The first-order valence-electron chi connectivity index (χ1n) is 10.8. The van der Waals surface area contributed by atoms with Crippen LogP contribution in [0.4, 0.5) is 13.2 Å². The van der Waals surface area contributed by atoms with E-state index in [2.05, 4.69) is 5.10 Å². The molecule has 0 spiro atoms. The fourth-order valence-corrected chi connectivity index (χ4v) is 4.21. The number of hydrogen-bond acceptors (Lipinski definition) is 3. The minimum Gasteiger partial charge on any atom is -0.345 e. The molecule has 0 unspecified atom stereocenters. The molecule has 5 rings (SSSR count). The topological polar surface area (TPSA) is 73.3 Å². The van der Waals surface area contributed by atoms with Gasteiger partial charge in [-0.1, -0.05) is 30.3 Å². The zero-order chi connectivity index (χ0) is 24.7. The van der Waals surface area contributed by atoms with Crippen molar-refractivity contribution in [1.82, 2.24) is 24.1 Å². The second-order valence-corrected chi connectivity index (χ2v) is 8.17. The molecule has 0 saturated heterocycles. The maximum atomic E-state index is 13.4. The molecule has 0 bridgehead atoms. The smallest absolute Gasteiger partial charge is 0.345 e. The average Bonchev–Trinajstić information content (AvgIpc) is 3.38. The molecule has 0 atom stereocenters. The van der Waals surface area contributed by atoms with Crippen LogP contribution in [-0.2, 0) is 11.3 Å². The highest BCUT2D eigenvalue weighted by Crippen LogP contribution is 2.27. The van der Waals surface area contributed by atoms with Crippen molar-refractivity contribution in [3.8, 4) is 16.8 Å². The third-order valence-corrected chi connectivity index (χ3v) is 5.80. The van der Waals surface area contributed by atoms with Gasteiger partial charge >= 0.3 is 11.9 Å². The monoisotopic (exact) mass is 479 g/mol. The van der Waals surface area contributed by atoms with Crippen molar-refractivity contribution in [1.29, 1.82) is 0 Å². The summed E-state index contributed by atoms with van der Waals surface area (Å²) in [6.07, 6.45) is -0.907. The summed E-state index contributed by atoms with van der Waals surface area (Å²) in [6, 6.07) is 18.4. The Morgan fingerprint density at radius 1 is 1.00 bits per heavy atom. The van der Waals surface area contributed by atoms with Gasteiger partial charge in [0, 0.05) is 11.8 Å². The van der Waals surface area contributed by atoms with Crippen molar-refractivity contribution >= 4 is 22.5 Å². The number of aromatic nitrogens is 4. The Kier molecular flexibility index (Phi) is 5.43. The highest BCUT2D eigenvalue weighted by molar-refractivity contribution is 5.85. The molecule has 0 fully saturated rings. The third-order valence-electron chi connectivity index (χ3n) is 5.80. The van der Waals surface area contributed by atoms with Crippen LogP contribution in [0.5, 0.6) is 0 Å². The first-order chi connectivity index (χ1) is 16.7. The molecule has 1 amide bonds. The molecule has 35 heavy (non-hydrogen) atoms. The van der Waals surface area contributed by atoms with Gasteiger partial charge in [0.15, 0.2) is 0 Å². The Morgan fingerprint density at radius 3 is 2.49 bits per heavy atom. The van der Waals surface area contributed by atoms with E-state index >= 15 is 0 Å². The van der Waals surface area contributed by atoms with Gasteiger partial charge in [-0.3, -0.25) is 13.9 Å². The van der Waals surface area contributed by atoms with Crippen molar-refractivity contribution in [2.75, 3.05) is 6.54 Å². The number of carbonyl (C=O) groups excluding carboxylic acids is 1. The van der Waals surface area contributed by atoms with E-state index in [-0.39, 0.29) is 0 Å². The summed E-state index contributed by atoms with van der Waals surface area (Å²) in [5, 5.41) is 6.18. The zero-order valence-corrected chi connectivity index (χ0v) is 18.6. The maximum absolute atomic E-state index is 13.4. The lowest BCUT2D eigenvalue weighted by atomic mass is 10.1. The van der Waals surface area contributed by atoms with Crippen LogP contribution in [0.2, 0.25) is 0 Å². The molecule has 3 aromatic heterocycles. The fraction of sp³-hybridized carbons (Fsp3) is 0.160. The number of carbonyl (C=O) groups is 1. The number of hydrogen-bond donors (Lipinski definition) is 1. The van der Waals surface area contributed by atoms with Gasteiger partial charge in [-0.2, -0.15) is 18.3 Å². The predicted octanol–water partition coefficient (Wildman–Crippen LogP) is 4.09. The summed E-state index contributed by atoms with van der Waals surface area (Å²) in [6.45, 7) is -0.148. The molecule has 3 heterocycles. The van der Waals surface area contributed by atoms with Crippen LogP contribution >= 0.6 is 0 Å². The van der Waals surface area contributed by atoms with Crippen LogP contribution in [0.15, 0.2) is 77.9 Å². The van der Waals surface area contributed by atoms with Crippen LogP contribution in [-0.4, -0.2) is 37.4 Å². The van der Waals surface area contributed by atoms with E-state index in [0.29, 0.717) is 16.7 Å². The molecular formula is C25H20F3N5O2. The number of pyridine rings is 1. The summed E-state index contributed by atoms with van der Waals surface area (Å²) < 4.78 is 41.9. The van der Waals surface area contributed by atoms with Crippen molar-refractivity contribution in [3.63, 3.8) is 0 Å². The normalized spacial score (nSPS) is 11.9. The van der Waals surface area contributed by atoms with Crippen LogP contribution in [0, 0.1) is 6.92 Å². The SMILES string of the molecule is Cc1cccc2c1n(-c1ccc(-c3cnn4ccccc34)cc1)c(=O)n2CC(=O)NCC(F)(F)F. The molecule has 1 N–H and O–H groups in total. The summed E-state index contributed by atoms with van der Waals surface area (Å²) in [4.78, 5) is 25.6. The lowest BCUT2D eigenvalue weighted by Gasteiger charge is -2.08. The van der Waals surface area contributed by atoms with Crippen LogP contribution in [0.1, 0.15) is 5.56 Å². The number of nitrogens with one attached hydrogen (secondary N) is 1. The molecule has 5 aromatic rings. The standard InChI is InChI=1S/C25H20F3N5O2/c1-16-5-4-7-21-23(16)33(24(35)31(21)14-22(34)29-15-25(26,27)28)18-10-8-17(9-11-18)19-13-30-32-12-3-2-6-20(19)32/h2-13H,14-15H2,1H3,(H,29,34). The van der Waals surface area contributed by atoms with E-state index in [4.69, 9.17) is 0 Å². The number of imidazole rings is 1. The number of nitrogens with zero attached hydrogens (tertiary/aromatic N) is 4. The zero-order valence-electron chi connectivity index (χ0n) is 18.6. The molecule has 0 aliphatic carbocycles. The minimum atomic E-state index is -4.53. The molecule has 7 nitrogen and oxygen atoms in total. The predicted molar refractivity (Wildman–Crippen MR) is 126 cm³/mol. The van der Waals surface area contributed by atoms with Gasteiger partial charge in [-0.05, 0) is 48.4 Å². The van der Waals surface area contributed by atoms with Gasteiger partial charge in [0.1, 0.15) is 13.1 Å². The Bertz CT molecular complexity index is 1610. The lowest BCUT2D eigenvalue weighted by Crippen LogP contribution is -2.37. The van der Waals surface area contributed by atoms with E-state index in [1.165, 1.54) is 9.13 Å². The van der Waals surface area contributed by atoms with Gasteiger partial charge in [-0.25, -0.2) is 9.31 Å². The summed E-state index contributed by atoms with van der Waals surface area (Å²) in [7, 11) is 0. The van der Waals surface area contributed by atoms with Crippen LogP contribution in [0.25, 0.3) is 33.4 Å². The number of amides is 1. The van der Waals surface area contributed by atoms with Gasteiger partial charge in [0.05, 0.1) is 28.4 Å². The number of aryl methyl sites for hydroxylation is 1. The molecule has 0 aliphatic heterocycles. The number of rotatable bonds is 5. The molecule has 0 radical (unpaired) electrons. The molecular weight excluding hydrogens is 459 g/mol. The largest absolute Gasteiger partial charge is 0.405 e. The number of benzene rings is 2. The van der Waals surface area contributed by atoms with Gasteiger partial charge in [0.25, 0.3) is 0 Å². The summed E-state index contributed by atoms with van der Waals surface area (Å²) in [5.74, 6) is -0.895. The summed E-state index contributed by atoms with van der Waals surface area (Å²) >= 11 is 0. The average molecular weight is 479 g/mol. The first-order valence-corrected chi connectivity index (χ1v) is 10.8. The molecule has 0 aliphatic rings. The van der Waals surface area contributed by atoms with E-state index < -0.39 is 30.9 Å². The molecule has 10 heteroatoms. The van der Waals surface area contributed by atoms with Crippen LogP contribution in [0.3, 0.4) is 0 Å². The van der Waals surface area contributed by atoms with Crippen molar-refractivity contribution in [3.05, 3.63) is 89.1 Å². The highest BCUT2D eigenvalue weighted by Gasteiger charge is 2.28. The Hall–Kier alpha value is -4.34. The lowest BCUT2D eigenvalue weighted by molar-refractivity contribution is -0.138. The molecule has 0 saturated carbocycles. The van der Waals surface area contributed by atoms with E-state index in [1.807, 2.05) is 54.8 Å². The second kappa shape index (κ2) is 8.46. The van der Waals surface area contributed by atoms with Crippen molar-refractivity contribution < 1.29 is 18.0 Å². The maximum Gasteiger partial charge on any atom is 0.405 e. The molecule has 178 valence electrons. The third kappa shape index (κ3) is 4.18. The van der Waals surface area contributed by atoms with Crippen molar-refractivity contribution in [2.24, 2.45) is 0 Å². The number of alkyl halides is 3. The van der Waals surface area contributed by atoms with Gasteiger partial charge in [0.2, 0.25) is 5.91 Å². The number of halogens is 3. The highest BCUT2D eigenvalue weighted by atomic mass is 19.4. The van der Waals surface area contributed by atoms with Gasteiger partial charge < -0.3 is 5.32 Å². The Labute approximate surface area is 197 Å². The number of fused-ring (bicyclic) bond motifs is 2.